The maximum Gasteiger partial charge on any atom is 0.472 e. The highest BCUT2D eigenvalue weighted by molar-refractivity contribution is 7.47. The molecule has 17 nitrogen and oxygen atoms in total. The number of allylic oxidation sites excluding steroid dienone is 4. The SMILES string of the molecule is CCCCCC/C=C\C=C/CCCCCCCC(=O)O[C@H](COC(=O)CCCCCCCCCCCCCC(C)C)COP(=O)(O)OC[C@@H](O)COP(=O)(O)OC[C@@H](COC(=O)CCCCCCCCCCCCCC)OC(=O)CCCCCCCCCCCCC(C)C. The van der Waals surface area contributed by atoms with Crippen LogP contribution in [0.4, 0.5) is 0 Å². The molecule has 0 aromatic carbocycles. The Morgan fingerprint density at radius 2 is 0.574 bits per heavy atom. The molecule has 0 aromatic rings. The lowest BCUT2D eigenvalue weighted by molar-refractivity contribution is -0.161. The zero-order valence-corrected chi connectivity index (χ0v) is 62.5. The summed E-state index contributed by atoms with van der Waals surface area (Å²) in [5, 5.41) is 10.6. The van der Waals surface area contributed by atoms with Crippen LogP contribution in [-0.4, -0.2) is 96.7 Å². The Bertz CT molecular complexity index is 1910. The Balaban J connectivity index is 5.30. The van der Waals surface area contributed by atoms with Crippen molar-refractivity contribution in [2.75, 3.05) is 39.6 Å². The van der Waals surface area contributed by atoms with E-state index in [-0.39, 0.29) is 25.7 Å². The van der Waals surface area contributed by atoms with Gasteiger partial charge in [0.15, 0.2) is 12.2 Å². The van der Waals surface area contributed by atoms with E-state index in [1.807, 2.05) is 0 Å². The number of phosphoric acid groups is 2. The fourth-order valence-corrected chi connectivity index (χ4v) is 12.5. The Morgan fingerprint density at radius 3 is 0.872 bits per heavy atom. The highest BCUT2D eigenvalue weighted by atomic mass is 31.2. The van der Waals surface area contributed by atoms with Crippen LogP contribution in [0, 0.1) is 11.8 Å². The summed E-state index contributed by atoms with van der Waals surface area (Å²) in [5.41, 5.74) is 0. The fourth-order valence-electron chi connectivity index (χ4n) is 10.9. The van der Waals surface area contributed by atoms with Crippen molar-refractivity contribution in [2.24, 2.45) is 11.8 Å². The molecule has 2 unspecified atom stereocenters. The number of unbranched alkanes of at least 4 members (excludes halogenated alkanes) is 39. The van der Waals surface area contributed by atoms with Crippen LogP contribution in [0.25, 0.3) is 0 Å². The Kier molecular flexibility index (Phi) is 64.7. The summed E-state index contributed by atoms with van der Waals surface area (Å²) in [4.78, 5) is 72.8. The number of hydrogen-bond donors (Lipinski definition) is 3. The second kappa shape index (κ2) is 66.4. The third-order valence-corrected chi connectivity index (χ3v) is 18.7. The molecule has 0 rings (SSSR count). The van der Waals surface area contributed by atoms with Crippen LogP contribution >= 0.6 is 15.6 Å². The number of carbonyl (C=O) groups excluding carboxylic acids is 4. The molecular formula is C75H142O17P2. The Hall–Kier alpha value is -2.46. The lowest BCUT2D eigenvalue weighted by Gasteiger charge is -2.21. The number of phosphoric ester groups is 2. The van der Waals surface area contributed by atoms with E-state index in [0.717, 1.165) is 115 Å². The predicted molar refractivity (Wildman–Crippen MR) is 381 cm³/mol. The molecule has 0 aliphatic rings. The van der Waals surface area contributed by atoms with E-state index in [2.05, 4.69) is 65.8 Å². The minimum atomic E-state index is -4.96. The molecule has 0 aromatic heterocycles. The predicted octanol–water partition coefficient (Wildman–Crippen LogP) is 21.5. The summed E-state index contributed by atoms with van der Waals surface area (Å²) in [6.45, 7) is 9.51. The number of rotatable bonds is 72. The molecule has 554 valence electrons. The molecule has 0 saturated carbocycles. The van der Waals surface area contributed by atoms with Gasteiger partial charge in [0.25, 0.3) is 0 Å². The van der Waals surface area contributed by atoms with E-state index in [1.165, 1.54) is 167 Å². The molecule has 0 heterocycles. The van der Waals surface area contributed by atoms with E-state index in [0.29, 0.717) is 25.7 Å². The lowest BCUT2D eigenvalue weighted by atomic mass is 10.0. The molecule has 0 radical (unpaired) electrons. The first-order valence-corrected chi connectivity index (χ1v) is 41.3. The normalized spacial score (nSPS) is 14.2. The maximum atomic E-state index is 13.1. The van der Waals surface area contributed by atoms with Gasteiger partial charge in [-0.1, -0.05) is 310 Å². The minimum Gasteiger partial charge on any atom is -0.462 e. The highest BCUT2D eigenvalue weighted by Gasteiger charge is 2.30. The van der Waals surface area contributed by atoms with Gasteiger partial charge in [-0.25, -0.2) is 9.13 Å². The molecule has 0 fully saturated rings. The molecule has 5 atom stereocenters. The first kappa shape index (κ1) is 91.5. The molecule has 0 bridgehead atoms. The molecule has 0 spiro atoms. The van der Waals surface area contributed by atoms with Crippen molar-refractivity contribution in [1.82, 2.24) is 0 Å². The number of ether oxygens (including phenoxy) is 4. The van der Waals surface area contributed by atoms with Gasteiger partial charge in [-0.15, -0.1) is 0 Å². The summed E-state index contributed by atoms with van der Waals surface area (Å²) in [5.74, 6) is -0.627. The summed E-state index contributed by atoms with van der Waals surface area (Å²) >= 11 is 0. The first-order chi connectivity index (χ1) is 45.4. The zero-order valence-electron chi connectivity index (χ0n) is 60.7. The average Bonchev–Trinajstić information content (AvgIpc) is 3.22. The Morgan fingerprint density at radius 1 is 0.330 bits per heavy atom. The second-order valence-electron chi connectivity index (χ2n) is 27.3. The molecule has 3 N–H and O–H groups in total. The van der Waals surface area contributed by atoms with Crippen LogP contribution in [0.2, 0.25) is 0 Å². The van der Waals surface area contributed by atoms with Crippen molar-refractivity contribution < 1.29 is 80.2 Å². The van der Waals surface area contributed by atoms with Crippen LogP contribution in [0.15, 0.2) is 24.3 Å². The largest absolute Gasteiger partial charge is 0.472 e. The summed E-state index contributed by atoms with van der Waals surface area (Å²) < 4.78 is 68.5. The third-order valence-electron chi connectivity index (χ3n) is 16.8. The standard InChI is InChI=1S/C75H142O17P2/c1-7-9-11-13-15-17-19-21-22-23-27-35-41-47-53-59-74(79)91-70(63-86-73(78)58-52-46-40-34-28-24-25-31-37-43-49-55-67(3)4)65-89-93(81,82)87-61-69(76)62-88-94(83,84)90-66-71(64-85-72(77)57-51-45-39-33-26-20-18-16-14-12-10-8-2)92-75(80)60-54-48-42-36-30-29-32-38-44-50-56-68(5)6/h17,19,21-22,67-71,76H,7-16,18,20,23-66H2,1-6H3,(H,81,82)(H,83,84)/b19-17-,22-21-/t69-,70-,71-/m1/s1. The molecule has 0 aliphatic heterocycles. The van der Waals surface area contributed by atoms with E-state index in [4.69, 9.17) is 37.0 Å². The van der Waals surface area contributed by atoms with Gasteiger partial charge in [-0.05, 0) is 63.2 Å². The van der Waals surface area contributed by atoms with Crippen LogP contribution < -0.4 is 0 Å². The van der Waals surface area contributed by atoms with Crippen molar-refractivity contribution >= 4 is 39.5 Å². The van der Waals surface area contributed by atoms with E-state index in [1.54, 1.807) is 0 Å². The molecule has 0 aliphatic carbocycles. The number of esters is 4. The summed E-state index contributed by atoms with van der Waals surface area (Å²) in [6.07, 6.45) is 56.2. The number of hydrogen-bond acceptors (Lipinski definition) is 15. The maximum absolute atomic E-state index is 13.1. The van der Waals surface area contributed by atoms with E-state index in [9.17, 15) is 43.2 Å². The quantitative estimate of drug-likeness (QED) is 0.0169. The fraction of sp³-hybridized carbons (Fsp3) is 0.893. The van der Waals surface area contributed by atoms with Crippen LogP contribution in [0.5, 0.6) is 0 Å². The van der Waals surface area contributed by atoms with Crippen molar-refractivity contribution in [3.05, 3.63) is 24.3 Å². The molecule has 19 heteroatoms. The Labute approximate surface area is 573 Å². The highest BCUT2D eigenvalue weighted by Crippen LogP contribution is 2.45. The lowest BCUT2D eigenvalue weighted by Crippen LogP contribution is -2.30. The van der Waals surface area contributed by atoms with Gasteiger partial charge in [-0.2, -0.15) is 0 Å². The number of aliphatic hydroxyl groups is 1. The minimum absolute atomic E-state index is 0.0849. The summed E-state index contributed by atoms with van der Waals surface area (Å²) in [7, 11) is -9.92. The van der Waals surface area contributed by atoms with Gasteiger partial charge in [0.2, 0.25) is 0 Å². The van der Waals surface area contributed by atoms with Crippen LogP contribution in [-0.2, 0) is 65.4 Å². The smallest absolute Gasteiger partial charge is 0.462 e. The van der Waals surface area contributed by atoms with Crippen molar-refractivity contribution in [1.29, 1.82) is 0 Å². The first-order valence-electron chi connectivity index (χ1n) is 38.3. The molecule has 0 saturated heterocycles. The van der Waals surface area contributed by atoms with Gasteiger partial charge >= 0.3 is 39.5 Å². The molecular weight excluding hydrogens is 1230 g/mol. The van der Waals surface area contributed by atoms with Gasteiger partial charge in [-0.3, -0.25) is 37.3 Å². The van der Waals surface area contributed by atoms with Gasteiger partial charge in [0.1, 0.15) is 19.3 Å². The monoisotopic (exact) mass is 1380 g/mol. The van der Waals surface area contributed by atoms with Crippen LogP contribution in [0.1, 0.15) is 363 Å². The third kappa shape index (κ3) is 68.1. The van der Waals surface area contributed by atoms with Crippen molar-refractivity contribution in [3.63, 3.8) is 0 Å². The number of aliphatic hydroxyl groups excluding tert-OH is 1. The molecule has 94 heavy (non-hydrogen) atoms. The number of carbonyl (C=O) groups is 4. The van der Waals surface area contributed by atoms with E-state index < -0.39 is 97.5 Å². The topological polar surface area (TPSA) is 237 Å². The molecule has 0 amide bonds. The van der Waals surface area contributed by atoms with Crippen LogP contribution in [0.3, 0.4) is 0 Å². The average molecular weight is 1380 g/mol. The van der Waals surface area contributed by atoms with Gasteiger partial charge in [0.05, 0.1) is 26.4 Å². The second-order valence-corrected chi connectivity index (χ2v) is 30.2. The van der Waals surface area contributed by atoms with Crippen molar-refractivity contribution in [3.8, 4) is 0 Å². The zero-order chi connectivity index (χ0) is 69.3. The van der Waals surface area contributed by atoms with E-state index >= 15 is 0 Å². The van der Waals surface area contributed by atoms with Gasteiger partial charge < -0.3 is 33.8 Å². The van der Waals surface area contributed by atoms with Crippen molar-refractivity contribution in [2.45, 2.75) is 381 Å². The van der Waals surface area contributed by atoms with Gasteiger partial charge in [0, 0.05) is 25.7 Å². The summed E-state index contributed by atoms with van der Waals surface area (Å²) in [6, 6.07) is 0.